The Morgan fingerprint density at radius 1 is 1.36 bits per heavy atom. The van der Waals surface area contributed by atoms with Gasteiger partial charge in [0.1, 0.15) is 5.75 Å². The number of aromatic hydroxyl groups is 1. The molecule has 76 valence electrons. The van der Waals surface area contributed by atoms with E-state index in [0.717, 1.165) is 25.2 Å². The lowest BCUT2D eigenvalue weighted by Gasteiger charge is -2.19. The minimum atomic E-state index is 0.240. The second kappa shape index (κ2) is 3.88. The predicted molar refractivity (Wildman–Crippen MR) is 55.5 cm³/mol. The number of nitrogens with zero attached hydrogens (tertiary/aromatic N) is 1. The molecular weight excluding hydrogens is 178 g/mol. The van der Waals surface area contributed by atoms with Gasteiger partial charge in [-0.05, 0) is 18.6 Å². The molecule has 0 saturated carbocycles. The maximum atomic E-state index is 9.63. The number of phenols is 1. The molecule has 1 aliphatic heterocycles. The van der Waals surface area contributed by atoms with Crippen molar-refractivity contribution in [2.45, 2.75) is 6.42 Å². The highest BCUT2D eigenvalue weighted by Gasteiger charge is 2.23. The summed E-state index contributed by atoms with van der Waals surface area (Å²) < 4.78 is 0. The smallest absolute Gasteiger partial charge is 0.138 e. The van der Waals surface area contributed by atoms with Gasteiger partial charge in [0.2, 0.25) is 0 Å². The van der Waals surface area contributed by atoms with Crippen LogP contribution in [0.15, 0.2) is 24.3 Å². The van der Waals surface area contributed by atoms with Crippen LogP contribution in [0.3, 0.4) is 0 Å². The van der Waals surface area contributed by atoms with E-state index in [4.69, 9.17) is 5.11 Å². The van der Waals surface area contributed by atoms with Crippen LogP contribution in [0.2, 0.25) is 0 Å². The standard InChI is InChI=1S/C11H15NO2/c13-8-9-5-6-12(7-9)10-3-1-2-4-11(10)14/h1-4,9,13-14H,5-8H2. The first kappa shape index (κ1) is 9.34. The minimum Gasteiger partial charge on any atom is -0.506 e. The molecule has 1 atom stereocenters. The van der Waals surface area contributed by atoms with Crippen molar-refractivity contribution in [3.63, 3.8) is 0 Å². The topological polar surface area (TPSA) is 43.7 Å². The van der Waals surface area contributed by atoms with Gasteiger partial charge >= 0.3 is 0 Å². The van der Waals surface area contributed by atoms with Crippen molar-refractivity contribution in [1.82, 2.24) is 0 Å². The van der Waals surface area contributed by atoms with Gasteiger partial charge in [0.15, 0.2) is 0 Å². The second-order valence-corrected chi connectivity index (χ2v) is 3.77. The lowest BCUT2D eigenvalue weighted by molar-refractivity contribution is 0.238. The molecule has 1 aromatic carbocycles. The molecule has 1 saturated heterocycles. The van der Waals surface area contributed by atoms with Crippen LogP contribution in [-0.4, -0.2) is 29.9 Å². The molecule has 2 N–H and O–H groups in total. The molecule has 1 heterocycles. The van der Waals surface area contributed by atoms with Crippen molar-refractivity contribution in [2.24, 2.45) is 5.92 Å². The molecule has 1 aromatic rings. The molecule has 1 unspecified atom stereocenters. The fourth-order valence-electron chi connectivity index (χ4n) is 1.93. The predicted octanol–water partition coefficient (Wildman–Crippen LogP) is 1.21. The summed E-state index contributed by atoms with van der Waals surface area (Å²) in [6, 6.07) is 7.34. The number of rotatable bonds is 2. The van der Waals surface area contributed by atoms with Gasteiger partial charge in [-0.3, -0.25) is 0 Å². The Bertz CT molecular complexity index is 314. The fraction of sp³-hybridized carbons (Fsp3) is 0.455. The third kappa shape index (κ3) is 1.68. The maximum Gasteiger partial charge on any atom is 0.138 e. The van der Waals surface area contributed by atoms with Gasteiger partial charge in [-0.2, -0.15) is 0 Å². The van der Waals surface area contributed by atoms with Crippen LogP contribution in [0.4, 0.5) is 5.69 Å². The van der Waals surface area contributed by atoms with E-state index >= 15 is 0 Å². The van der Waals surface area contributed by atoms with E-state index in [1.54, 1.807) is 6.07 Å². The van der Waals surface area contributed by atoms with Crippen molar-refractivity contribution in [2.75, 3.05) is 24.6 Å². The van der Waals surface area contributed by atoms with Crippen LogP contribution in [-0.2, 0) is 0 Å². The number of phenolic OH excluding ortho intramolecular Hbond substituents is 1. The van der Waals surface area contributed by atoms with Crippen LogP contribution < -0.4 is 4.90 Å². The Morgan fingerprint density at radius 3 is 2.79 bits per heavy atom. The first-order chi connectivity index (χ1) is 6.81. The molecule has 14 heavy (non-hydrogen) atoms. The number of anilines is 1. The number of aliphatic hydroxyl groups excluding tert-OH is 1. The molecule has 3 nitrogen and oxygen atoms in total. The summed E-state index contributed by atoms with van der Waals surface area (Å²) in [6.07, 6.45) is 1.00. The summed E-state index contributed by atoms with van der Waals surface area (Å²) >= 11 is 0. The minimum absolute atomic E-state index is 0.240. The van der Waals surface area contributed by atoms with Gasteiger partial charge in [0.05, 0.1) is 5.69 Å². The first-order valence-electron chi connectivity index (χ1n) is 4.95. The Labute approximate surface area is 83.6 Å². The van der Waals surface area contributed by atoms with Crippen molar-refractivity contribution in [3.05, 3.63) is 24.3 Å². The summed E-state index contributed by atoms with van der Waals surface area (Å²) in [5.41, 5.74) is 0.878. The highest BCUT2D eigenvalue weighted by Crippen LogP contribution is 2.30. The van der Waals surface area contributed by atoms with E-state index in [9.17, 15) is 5.11 Å². The SMILES string of the molecule is OCC1CCN(c2ccccc2O)C1. The van der Waals surface area contributed by atoms with Gasteiger partial charge in [0, 0.05) is 25.6 Å². The normalized spacial score (nSPS) is 21.5. The summed E-state index contributed by atoms with van der Waals surface area (Å²) in [5.74, 6) is 0.681. The fourth-order valence-corrected chi connectivity index (χ4v) is 1.93. The summed E-state index contributed by atoms with van der Waals surface area (Å²) in [4.78, 5) is 2.12. The van der Waals surface area contributed by atoms with E-state index < -0.39 is 0 Å². The van der Waals surface area contributed by atoms with Gasteiger partial charge in [0.25, 0.3) is 0 Å². The molecule has 0 aromatic heterocycles. The van der Waals surface area contributed by atoms with E-state index in [-0.39, 0.29) is 6.61 Å². The third-order valence-electron chi connectivity index (χ3n) is 2.77. The van der Waals surface area contributed by atoms with Gasteiger partial charge in [-0.1, -0.05) is 12.1 Å². The molecule has 1 aliphatic rings. The van der Waals surface area contributed by atoms with Crippen molar-refractivity contribution in [1.29, 1.82) is 0 Å². The molecule has 0 spiro atoms. The van der Waals surface area contributed by atoms with E-state index in [2.05, 4.69) is 4.90 Å². The highest BCUT2D eigenvalue weighted by atomic mass is 16.3. The molecule has 0 bridgehead atoms. The van der Waals surface area contributed by atoms with Gasteiger partial charge < -0.3 is 15.1 Å². The Kier molecular flexibility index (Phi) is 2.59. The van der Waals surface area contributed by atoms with Crippen molar-refractivity contribution in [3.8, 4) is 5.75 Å². The number of hydrogen-bond donors (Lipinski definition) is 2. The third-order valence-corrected chi connectivity index (χ3v) is 2.77. The molecule has 0 radical (unpaired) electrons. The molecular formula is C11H15NO2. The number of benzene rings is 1. The quantitative estimate of drug-likeness (QED) is 0.742. The Morgan fingerprint density at radius 2 is 2.14 bits per heavy atom. The zero-order chi connectivity index (χ0) is 9.97. The average Bonchev–Trinajstić information content (AvgIpc) is 2.67. The van der Waals surface area contributed by atoms with Crippen molar-refractivity contribution < 1.29 is 10.2 Å². The largest absolute Gasteiger partial charge is 0.506 e. The molecule has 2 rings (SSSR count). The van der Waals surface area contributed by atoms with E-state index in [0.29, 0.717) is 11.7 Å². The highest BCUT2D eigenvalue weighted by molar-refractivity contribution is 5.58. The second-order valence-electron chi connectivity index (χ2n) is 3.77. The lowest BCUT2D eigenvalue weighted by Crippen LogP contribution is -2.20. The van der Waals surface area contributed by atoms with Crippen LogP contribution in [0.5, 0.6) is 5.75 Å². The Hall–Kier alpha value is -1.22. The number of aliphatic hydroxyl groups is 1. The van der Waals surface area contributed by atoms with Crippen LogP contribution in [0.25, 0.3) is 0 Å². The van der Waals surface area contributed by atoms with Gasteiger partial charge in [-0.15, -0.1) is 0 Å². The molecule has 0 aliphatic carbocycles. The van der Waals surface area contributed by atoms with Crippen LogP contribution in [0, 0.1) is 5.92 Å². The monoisotopic (exact) mass is 193 g/mol. The first-order valence-corrected chi connectivity index (χ1v) is 4.95. The summed E-state index contributed by atoms with van der Waals surface area (Å²) in [6.45, 7) is 2.00. The van der Waals surface area contributed by atoms with Crippen LogP contribution in [0.1, 0.15) is 6.42 Å². The number of hydrogen-bond acceptors (Lipinski definition) is 3. The van der Waals surface area contributed by atoms with Crippen LogP contribution >= 0.6 is 0 Å². The molecule has 0 amide bonds. The zero-order valence-corrected chi connectivity index (χ0v) is 8.06. The lowest BCUT2D eigenvalue weighted by atomic mass is 10.1. The van der Waals surface area contributed by atoms with Gasteiger partial charge in [-0.25, -0.2) is 0 Å². The average molecular weight is 193 g/mol. The maximum absolute atomic E-state index is 9.63. The van der Waals surface area contributed by atoms with Crippen molar-refractivity contribution >= 4 is 5.69 Å². The zero-order valence-electron chi connectivity index (χ0n) is 8.06. The van der Waals surface area contributed by atoms with E-state index in [1.807, 2.05) is 18.2 Å². The summed E-state index contributed by atoms with van der Waals surface area (Å²) in [7, 11) is 0. The molecule has 1 fully saturated rings. The number of para-hydroxylation sites is 2. The van der Waals surface area contributed by atoms with E-state index in [1.165, 1.54) is 0 Å². The Balaban J connectivity index is 2.13. The summed E-state index contributed by atoms with van der Waals surface area (Å²) in [5, 5.41) is 18.6. The molecule has 3 heteroatoms.